The van der Waals surface area contributed by atoms with Crippen LogP contribution in [0, 0.1) is 11.3 Å². The summed E-state index contributed by atoms with van der Waals surface area (Å²) >= 11 is 0. The Morgan fingerprint density at radius 1 is 1.50 bits per heavy atom. The summed E-state index contributed by atoms with van der Waals surface area (Å²) in [6, 6.07) is 7.63. The van der Waals surface area contributed by atoms with Gasteiger partial charge in [-0.25, -0.2) is 0 Å². The van der Waals surface area contributed by atoms with Crippen LogP contribution in [0.4, 0.5) is 0 Å². The van der Waals surface area contributed by atoms with E-state index in [4.69, 9.17) is 10.00 Å². The van der Waals surface area contributed by atoms with E-state index >= 15 is 0 Å². The second-order valence-electron chi connectivity index (χ2n) is 2.92. The molecule has 1 N–H and O–H groups in total. The molecular formula is C11H14N2O. The molecule has 0 fully saturated rings. The molecule has 74 valence electrons. The van der Waals surface area contributed by atoms with E-state index in [-0.39, 0.29) is 0 Å². The molecule has 0 radical (unpaired) electrons. The van der Waals surface area contributed by atoms with Gasteiger partial charge in [-0.3, -0.25) is 0 Å². The zero-order valence-electron chi connectivity index (χ0n) is 8.50. The molecule has 1 aromatic rings. The van der Waals surface area contributed by atoms with Crippen LogP contribution in [-0.4, -0.2) is 13.7 Å². The van der Waals surface area contributed by atoms with Crippen LogP contribution in [0.2, 0.25) is 0 Å². The number of nitrogens with one attached hydrogen (secondary N) is 1. The van der Waals surface area contributed by atoms with Crippen molar-refractivity contribution >= 4 is 0 Å². The lowest BCUT2D eigenvalue weighted by Crippen LogP contribution is -2.12. The minimum atomic E-state index is 0.701. The normalized spacial score (nSPS) is 9.50. The van der Waals surface area contributed by atoms with E-state index in [2.05, 4.69) is 11.4 Å². The Morgan fingerprint density at radius 2 is 2.29 bits per heavy atom. The Bertz CT molecular complexity index is 342. The predicted molar refractivity (Wildman–Crippen MR) is 55.1 cm³/mol. The maximum atomic E-state index is 8.86. The highest BCUT2D eigenvalue weighted by Gasteiger charge is 2.02. The highest BCUT2D eigenvalue weighted by atomic mass is 16.5. The number of hydrogen-bond donors (Lipinski definition) is 1. The first-order chi connectivity index (χ1) is 6.81. The van der Waals surface area contributed by atoms with Gasteiger partial charge in [-0.15, -0.1) is 0 Å². The molecule has 0 aromatic heterocycles. The molecular weight excluding hydrogens is 176 g/mol. The third kappa shape index (κ3) is 2.48. The molecule has 0 aliphatic rings. The van der Waals surface area contributed by atoms with E-state index in [1.807, 2.05) is 13.0 Å². The number of nitrogens with zero attached hydrogens (tertiary/aromatic N) is 1. The minimum absolute atomic E-state index is 0.701. The zero-order valence-corrected chi connectivity index (χ0v) is 8.50. The summed E-state index contributed by atoms with van der Waals surface area (Å²) in [7, 11) is 1.62. The van der Waals surface area contributed by atoms with E-state index < -0.39 is 0 Å². The summed E-state index contributed by atoms with van der Waals surface area (Å²) in [5.74, 6) is 0.789. The van der Waals surface area contributed by atoms with Gasteiger partial charge < -0.3 is 10.1 Å². The Labute approximate surface area is 84.3 Å². The number of benzene rings is 1. The van der Waals surface area contributed by atoms with Crippen LogP contribution in [-0.2, 0) is 6.54 Å². The molecule has 1 aromatic carbocycles. The van der Waals surface area contributed by atoms with Crippen molar-refractivity contribution in [2.75, 3.05) is 13.7 Å². The molecule has 1 rings (SSSR count). The van der Waals surface area contributed by atoms with Gasteiger partial charge in [0.25, 0.3) is 0 Å². The summed E-state index contributed by atoms with van der Waals surface area (Å²) < 4.78 is 5.10. The van der Waals surface area contributed by atoms with Crippen molar-refractivity contribution in [2.45, 2.75) is 13.5 Å². The van der Waals surface area contributed by atoms with Crippen LogP contribution in [0.25, 0.3) is 0 Å². The van der Waals surface area contributed by atoms with E-state index in [9.17, 15) is 0 Å². The van der Waals surface area contributed by atoms with Crippen LogP contribution < -0.4 is 10.1 Å². The van der Waals surface area contributed by atoms with Crippen molar-refractivity contribution in [3.63, 3.8) is 0 Å². The Morgan fingerprint density at radius 3 is 2.86 bits per heavy atom. The van der Waals surface area contributed by atoms with E-state index in [0.717, 1.165) is 17.9 Å². The monoisotopic (exact) mass is 190 g/mol. The fourth-order valence-electron chi connectivity index (χ4n) is 1.21. The predicted octanol–water partition coefficient (Wildman–Crippen LogP) is 1.68. The van der Waals surface area contributed by atoms with Crippen molar-refractivity contribution in [1.82, 2.24) is 5.32 Å². The fourth-order valence-corrected chi connectivity index (χ4v) is 1.21. The minimum Gasteiger partial charge on any atom is -0.497 e. The lowest BCUT2D eigenvalue weighted by molar-refractivity contribution is 0.414. The van der Waals surface area contributed by atoms with Gasteiger partial charge in [-0.2, -0.15) is 5.26 Å². The quantitative estimate of drug-likeness (QED) is 0.785. The van der Waals surface area contributed by atoms with Gasteiger partial charge >= 0.3 is 0 Å². The summed E-state index contributed by atoms with van der Waals surface area (Å²) in [5.41, 5.74) is 1.68. The van der Waals surface area contributed by atoms with Crippen LogP contribution in [0.3, 0.4) is 0 Å². The van der Waals surface area contributed by atoms with Crippen LogP contribution >= 0.6 is 0 Å². The third-order valence-corrected chi connectivity index (χ3v) is 2.00. The topological polar surface area (TPSA) is 45.0 Å². The second-order valence-corrected chi connectivity index (χ2v) is 2.92. The van der Waals surface area contributed by atoms with E-state index in [0.29, 0.717) is 12.1 Å². The molecule has 3 heteroatoms. The SMILES string of the molecule is CCNCc1cc(OC)ccc1C#N. The lowest BCUT2D eigenvalue weighted by Gasteiger charge is -2.06. The number of nitriles is 1. The van der Waals surface area contributed by atoms with E-state index in [1.165, 1.54) is 0 Å². The molecule has 0 spiro atoms. The summed E-state index contributed by atoms with van der Waals surface area (Å²) in [6.07, 6.45) is 0. The van der Waals surface area contributed by atoms with Gasteiger partial charge in [-0.05, 0) is 30.3 Å². The molecule has 0 heterocycles. The standard InChI is InChI=1S/C11H14N2O/c1-3-13-8-10-6-11(14-2)5-4-9(10)7-12/h4-6,13H,3,8H2,1-2H3. The Hall–Kier alpha value is -1.53. The van der Waals surface area contributed by atoms with Gasteiger partial charge in [0.15, 0.2) is 0 Å². The first-order valence-corrected chi connectivity index (χ1v) is 4.59. The molecule has 0 unspecified atom stereocenters. The largest absolute Gasteiger partial charge is 0.497 e. The maximum absolute atomic E-state index is 8.86. The molecule has 0 bridgehead atoms. The molecule has 0 atom stereocenters. The van der Waals surface area contributed by atoms with Gasteiger partial charge in [0.05, 0.1) is 18.7 Å². The average Bonchev–Trinajstić information content (AvgIpc) is 2.25. The molecule has 0 amide bonds. The van der Waals surface area contributed by atoms with Crippen LogP contribution in [0.5, 0.6) is 5.75 Å². The van der Waals surface area contributed by atoms with Crippen molar-refractivity contribution in [3.05, 3.63) is 29.3 Å². The maximum Gasteiger partial charge on any atom is 0.119 e. The first kappa shape index (κ1) is 10.6. The number of hydrogen-bond acceptors (Lipinski definition) is 3. The molecule has 0 aliphatic carbocycles. The van der Waals surface area contributed by atoms with Crippen molar-refractivity contribution in [3.8, 4) is 11.8 Å². The van der Waals surface area contributed by atoms with Crippen molar-refractivity contribution in [2.24, 2.45) is 0 Å². The summed E-state index contributed by atoms with van der Waals surface area (Å²) in [4.78, 5) is 0. The lowest BCUT2D eigenvalue weighted by atomic mass is 10.1. The fraction of sp³-hybridized carbons (Fsp3) is 0.364. The van der Waals surface area contributed by atoms with Crippen LogP contribution in [0.15, 0.2) is 18.2 Å². The molecule has 14 heavy (non-hydrogen) atoms. The van der Waals surface area contributed by atoms with Gasteiger partial charge in [0.1, 0.15) is 5.75 Å². The number of rotatable bonds is 4. The first-order valence-electron chi connectivity index (χ1n) is 4.59. The van der Waals surface area contributed by atoms with E-state index in [1.54, 1.807) is 19.2 Å². The molecule has 0 saturated heterocycles. The van der Waals surface area contributed by atoms with Crippen LogP contribution in [0.1, 0.15) is 18.1 Å². The molecule has 3 nitrogen and oxygen atoms in total. The highest BCUT2D eigenvalue weighted by Crippen LogP contribution is 2.16. The Balaban J connectivity index is 2.91. The highest BCUT2D eigenvalue weighted by molar-refractivity contribution is 5.42. The third-order valence-electron chi connectivity index (χ3n) is 2.00. The number of methoxy groups -OCH3 is 1. The zero-order chi connectivity index (χ0) is 10.4. The number of ether oxygens (including phenoxy) is 1. The summed E-state index contributed by atoms with van der Waals surface area (Å²) in [5, 5.41) is 12.0. The average molecular weight is 190 g/mol. The molecule has 0 saturated carbocycles. The van der Waals surface area contributed by atoms with Gasteiger partial charge in [0, 0.05) is 6.54 Å². The summed E-state index contributed by atoms with van der Waals surface area (Å²) in [6.45, 7) is 3.63. The van der Waals surface area contributed by atoms with Gasteiger partial charge in [-0.1, -0.05) is 6.92 Å². The smallest absolute Gasteiger partial charge is 0.119 e. The van der Waals surface area contributed by atoms with Crippen molar-refractivity contribution < 1.29 is 4.74 Å². The Kier molecular flexibility index (Phi) is 3.96. The van der Waals surface area contributed by atoms with Gasteiger partial charge in [0.2, 0.25) is 0 Å². The van der Waals surface area contributed by atoms with Crippen molar-refractivity contribution in [1.29, 1.82) is 5.26 Å². The molecule has 0 aliphatic heterocycles. The second kappa shape index (κ2) is 5.25.